The van der Waals surface area contributed by atoms with Gasteiger partial charge < -0.3 is 25.0 Å². The van der Waals surface area contributed by atoms with E-state index in [9.17, 15) is 39.0 Å². The maximum Gasteiger partial charge on any atom is 0.303 e. The number of ether oxygens (including phenoxy) is 2. The van der Waals surface area contributed by atoms with Gasteiger partial charge in [0, 0.05) is 27.2 Å². The first-order chi connectivity index (χ1) is 12.8. The number of hydrogen-bond acceptors (Lipinski definition) is 10. The van der Waals surface area contributed by atoms with E-state index < -0.39 is 65.7 Å². The Kier molecular flexibility index (Phi) is 9.61. The number of aliphatic hydroxyl groups is 2. The molecule has 0 aromatic rings. The Hall–Kier alpha value is -2.66. The largest absolute Gasteiger partial charge is 0.463 e. The van der Waals surface area contributed by atoms with Crippen molar-refractivity contribution < 1.29 is 48.5 Å². The van der Waals surface area contributed by atoms with Crippen LogP contribution in [0.1, 0.15) is 41.0 Å². The first-order valence-electron chi connectivity index (χ1n) is 8.35. The normalized spacial score (nSPS) is 16.0. The number of rotatable bonds is 11. The van der Waals surface area contributed by atoms with Gasteiger partial charge in [0.05, 0.1) is 0 Å². The summed E-state index contributed by atoms with van der Waals surface area (Å²) in [4.78, 5) is 70.5. The number of amides is 1. The SMILES string of the molecule is CCC(=O)N[C@H](C(=O)C(C)=O)[C@](O)(C(C)=O)[C@H](OC(C)=O)[C@H](O)COC(C)=O. The molecule has 0 fully saturated rings. The minimum absolute atomic E-state index is 0.163. The molecule has 158 valence electrons. The van der Waals surface area contributed by atoms with Crippen molar-refractivity contribution in [3.63, 3.8) is 0 Å². The number of aliphatic hydroxyl groups excluding tert-OH is 1. The topological polar surface area (TPSA) is 173 Å². The standard InChI is InChI=1S/C17H25NO10/c1-6-13(24)18-15(14(25)8(2)19)17(26,9(3)20)16(28-11(5)22)12(23)7-27-10(4)21/h12,15-16,23,26H,6-7H2,1-5H3,(H,18,24)/t12-,15-,16-,17-/m1/s1. The number of nitrogens with one attached hydrogen (secondary N) is 1. The van der Waals surface area contributed by atoms with Crippen molar-refractivity contribution in [1.82, 2.24) is 5.32 Å². The van der Waals surface area contributed by atoms with E-state index in [1.165, 1.54) is 6.92 Å². The fraction of sp³-hybridized carbons (Fsp3) is 0.647. The van der Waals surface area contributed by atoms with Gasteiger partial charge in [0.2, 0.25) is 11.7 Å². The molecule has 0 aromatic heterocycles. The second-order valence-electron chi connectivity index (χ2n) is 6.06. The Bertz CT molecular complexity index is 658. The van der Waals surface area contributed by atoms with Crippen LogP contribution in [0.25, 0.3) is 0 Å². The molecule has 0 aliphatic carbocycles. The Morgan fingerprint density at radius 2 is 1.54 bits per heavy atom. The zero-order chi connectivity index (χ0) is 22.2. The van der Waals surface area contributed by atoms with Crippen LogP contribution in [0.15, 0.2) is 0 Å². The molecular weight excluding hydrogens is 378 g/mol. The van der Waals surface area contributed by atoms with Crippen molar-refractivity contribution in [2.75, 3.05) is 6.61 Å². The van der Waals surface area contributed by atoms with Crippen LogP contribution in [0, 0.1) is 0 Å². The summed E-state index contributed by atoms with van der Waals surface area (Å²) >= 11 is 0. The second kappa shape index (κ2) is 10.6. The molecule has 0 aliphatic rings. The summed E-state index contributed by atoms with van der Waals surface area (Å²) in [6, 6.07) is -2.15. The Balaban J connectivity index is 6.38. The van der Waals surface area contributed by atoms with Crippen LogP contribution in [-0.4, -0.2) is 75.9 Å². The lowest BCUT2D eigenvalue weighted by Crippen LogP contribution is -2.70. The highest BCUT2D eigenvalue weighted by molar-refractivity contribution is 6.39. The number of hydrogen-bond donors (Lipinski definition) is 3. The maximum absolute atomic E-state index is 12.3. The van der Waals surface area contributed by atoms with Gasteiger partial charge in [-0.25, -0.2) is 0 Å². The predicted octanol–water partition coefficient (Wildman–Crippen LogP) is -1.78. The van der Waals surface area contributed by atoms with Crippen LogP contribution in [-0.2, 0) is 38.2 Å². The number of Topliss-reactive ketones (excluding diaryl/α,β-unsaturated/α-hetero) is 3. The van der Waals surface area contributed by atoms with Gasteiger partial charge in [-0.2, -0.15) is 0 Å². The van der Waals surface area contributed by atoms with Crippen LogP contribution in [0.5, 0.6) is 0 Å². The third kappa shape index (κ3) is 6.50. The lowest BCUT2D eigenvalue weighted by molar-refractivity contribution is -0.194. The number of esters is 2. The molecule has 0 saturated heterocycles. The minimum atomic E-state index is -3.02. The van der Waals surface area contributed by atoms with E-state index in [1.54, 1.807) is 0 Å². The predicted molar refractivity (Wildman–Crippen MR) is 91.7 cm³/mol. The fourth-order valence-corrected chi connectivity index (χ4v) is 2.34. The third-order valence-electron chi connectivity index (χ3n) is 3.77. The number of ketones is 3. The van der Waals surface area contributed by atoms with Crippen molar-refractivity contribution in [1.29, 1.82) is 0 Å². The summed E-state index contributed by atoms with van der Waals surface area (Å²) in [5, 5.41) is 23.4. The quantitative estimate of drug-likeness (QED) is 0.264. The lowest BCUT2D eigenvalue weighted by Gasteiger charge is -2.40. The molecule has 0 rings (SSSR count). The molecule has 0 saturated carbocycles. The lowest BCUT2D eigenvalue weighted by atomic mass is 9.79. The summed E-state index contributed by atoms with van der Waals surface area (Å²) < 4.78 is 9.42. The molecule has 0 heterocycles. The summed E-state index contributed by atoms with van der Waals surface area (Å²) in [6.07, 6.45) is -4.25. The average Bonchev–Trinajstić information content (AvgIpc) is 2.60. The minimum Gasteiger partial charge on any atom is -0.463 e. The second-order valence-corrected chi connectivity index (χ2v) is 6.06. The average molecular weight is 403 g/mol. The van der Waals surface area contributed by atoms with Crippen molar-refractivity contribution in [2.45, 2.75) is 64.9 Å². The highest BCUT2D eigenvalue weighted by atomic mass is 16.6. The van der Waals surface area contributed by atoms with E-state index in [1.807, 2.05) is 0 Å². The number of carbonyl (C=O) groups is 6. The molecule has 11 nitrogen and oxygen atoms in total. The summed E-state index contributed by atoms with van der Waals surface area (Å²) in [6.45, 7) is 4.20. The van der Waals surface area contributed by atoms with E-state index >= 15 is 0 Å². The van der Waals surface area contributed by atoms with Gasteiger partial charge in [0.25, 0.3) is 0 Å². The summed E-state index contributed by atoms with van der Waals surface area (Å²) in [5.74, 6) is -6.30. The summed E-state index contributed by atoms with van der Waals surface area (Å²) in [7, 11) is 0. The molecule has 0 unspecified atom stereocenters. The van der Waals surface area contributed by atoms with Gasteiger partial charge >= 0.3 is 11.9 Å². The smallest absolute Gasteiger partial charge is 0.303 e. The van der Waals surface area contributed by atoms with Crippen LogP contribution >= 0.6 is 0 Å². The van der Waals surface area contributed by atoms with Gasteiger partial charge in [-0.1, -0.05) is 6.92 Å². The zero-order valence-corrected chi connectivity index (χ0v) is 16.3. The molecule has 0 spiro atoms. The van der Waals surface area contributed by atoms with Gasteiger partial charge in [-0.15, -0.1) is 0 Å². The Morgan fingerprint density at radius 1 is 1.00 bits per heavy atom. The third-order valence-corrected chi connectivity index (χ3v) is 3.77. The van der Waals surface area contributed by atoms with Crippen molar-refractivity contribution >= 4 is 35.2 Å². The fourth-order valence-electron chi connectivity index (χ4n) is 2.34. The van der Waals surface area contributed by atoms with Gasteiger partial charge in [-0.05, 0) is 6.92 Å². The van der Waals surface area contributed by atoms with Gasteiger partial charge in [-0.3, -0.25) is 28.8 Å². The van der Waals surface area contributed by atoms with E-state index in [0.717, 1.165) is 27.7 Å². The van der Waals surface area contributed by atoms with Crippen LogP contribution in [0.3, 0.4) is 0 Å². The van der Waals surface area contributed by atoms with Gasteiger partial charge in [0.1, 0.15) is 18.8 Å². The molecule has 0 bridgehead atoms. The highest BCUT2D eigenvalue weighted by Gasteiger charge is 2.57. The molecule has 11 heteroatoms. The van der Waals surface area contributed by atoms with Crippen molar-refractivity contribution in [2.24, 2.45) is 0 Å². The molecule has 1 amide bonds. The first-order valence-corrected chi connectivity index (χ1v) is 8.35. The highest BCUT2D eigenvalue weighted by Crippen LogP contribution is 2.25. The Morgan fingerprint density at radius 3 is 1.89 bits per heavy atom. The van der Waals surface area contributed by atoms with E-state index in [4.69, 9.17) is 4.74 Å². The number of carbonyl (C=O) groups excluding carboxylic acids is 6. The van der Waals surface area contributed by atoms with Crippen LogP contribution in [0.2, 0.25) is 0 Å². The molecule has 28 heavy (non-hydrogen) atoms. The molecule has 3 N–H and O–H groups in total. The van der Waals surface area contributed by atoms with Gasteiger partial charge in [0.15, 0.2) is 23.3 Å². The monoisotopic (exact) mass is 403 g/mol. The van der Waals surface area contributed by atoms with E-state index in [-0.39, 0.29) is 6.42 Å². The maximum atomic E-state index is 12.3. The van der Waals surface area contributed by atoms with E-state index in [2.05, 4.69) is 10.1 Å². The molecule has 0 aromatic carbocycles. The molecule has 4 atom stereocenters. The molecular formula is C17H25NO10. The first kappa shape index (κ1) is 25.3. The van der Waals surface area contributed by atoms with E-state index in [0.29, 0.717) is 0 Å². The molecule has 0 radical (unpaired) electrons. The van der Waals surface area contributed by atoms with Crippen LogP contribution < -0.4 is 5.32 Å². The molecule has 0 aliphatic heterocycles. The Labute approximate surface area is 161 Å². The van der Waals surface area contributed by atoms with Crippen molar-refractivity contribution in [3.8, 4) is 0 Å². The van der Waals surface area contributed by atoms with Crippen molar-refractivity contribution in [3.05, 3.63) is 0 Å². The summed E-state index contributed by atoms with van der Waals surface area (Å²) in [5.41, 5.74) is -3.02. The van der Waals surface area contributed by atoms with Crippen LogP contribution in [0.4, 0.5) is 0 Å². The zero-order valence-electron chi connectivity index (χ0n) is 16.3.